The van der Waals surface area contributed by atoms with E-state index in [2.05, 4.69) is 11.6 Å². The largest absolute Gasteiger partial charge is 0.452 e. The summed E-state index contributed by atoms with van der Waals surface area (Å²) < 4.78 is 5.21. The van der Waals surface area contributed by atoms with Crippen molar-refractivity contribution in [3.05, 3.63) is 53.2 Å². The van der Waals surface area contributed by atoms with E-state index >= 15 is 0 Å². The molecule has 0 saturated heterocycles. The Hall–Kier alpha value is -2.69. The van der Waals surface area contributed by atoms with Crippen LogP contribution in [-0.4, -0.2) is 41.5 Å². The van der Waals surface area contributed by atoms with Crippen LogP contribution in [0.2, 0.25) is 0 Å². The molecule has 0 bridgehead atoms. The molecule has 1 heterocycles. The first-order chi connectivity index (χ1) is 11.8. The molecule has 0 aliphatic rings. The van der Waals surface area contributed by atoms with E-state index < -0.39 is 5.97 Å². The average molecular weight is 340 g/mol. The second kappa shape index (κ2) is 7.92. The van der Waals surface area contributed by atoms with Crippen LogP contribution in [0.15, 0.2) is 36.4 Å². The zero-order valence-corrected chi connectivity index (χ0v) is 15.3. The van der Waals surface area contributed by atoms with E-state index in [9.17, 15) is 9.59 Å². The molecule has 1 aromatic carbocycles. The molecule has 0 spiro atoms. The Labute approximate surface area is 148 Å². The van der Waals surface area contributed by atoms with Crippen LogP contribution in [-0.2, 0) is 9.53 Å². The van der Waals surface area contributed by atoms with E-state index in [0.29, 0.717) is 24.3 Å². The van der Waals surface area contributed by atoms with Crippen LogP contribution in [0.1, 0.15) is 35.5 Å². The third-order valence-corrected chi connectivity index (χ3v) is 3.90. The van der Waals surface area contributed by atoms with Gasteiger partial charge in [-0.1, -0.05) is 23.8 Å². The summed E-state index contributed by atoms with van der Waals surface area (Å²) in [5, 5.41) is 0.876. The number of pyridine rings is 1. The molecule has 1 aromatic heterocycles. The number of amides is 1. The number of ether oxygens (including phenoxy) is 1. The van der Waals surface area contributed by atoms with Crippen molar-refractivity contribution in [2.45, 2.75) is 27.7 Å². The smallest absolute Gasteiger partial charge is 0.340 e. The minimum atomic E-state index is -0.534. The lowest BCUT2D eigenvalue weighted by Gasteiger charge is -2.20. The van der Waals surface area contributed by atoms with Gasteiger partial charge in [-0.25, -0.2) is 4.79 Å². The molecule has 0 atom stereocenters. The molecule has 0 aliphatic carbocycles. The number of hydrogen-bond acceptors (Lipinski definition) is 4. The minimum absolute atomic E-state index is 0.235. The number of aryl methyl sites for hydroxylation is 2. The third kappa shape index (κ3) is 4.66. The zero-order valence-electron chi connectivity index (χ0n) is 15.3. The molecule has 0 radical (unpaired) electrons. The van der Waals surface area contributed by atoms with Gasteiger partial charge in [0.15, 0.2) is 6.61 Å². The summed E-state index contributed by atoms with van der Waals surface area (Å²) in [5.74, 6) is -0.769. The maximum Gasteiger partial charge on any atom is 0.340 e. The predicted octanol–water partition coefficient (Wildman–Crippen LogP) is 3.43. The molecule has 0 saturated carbocycles. The SMILES string of the molecule is C=C(C)CN(CC)C(=O)COC(=O)c1cc2cc(C)ccc2nc1C. The van der Waals surface area contributed by atoms with Crippen LogP contribution in [0.5, 0.6) is 0 Å². The maximum atomic E-state index is 12.4. The van der Waals surface area contributed by atoms with Gasteiger partial charge in [-0.2, -0.15) is 0 Å². The van der Waals surface area contributed by atoms with Crippen LogP contribution in [0, 0.1) is 13.8 Å². The molecule has 25 heavy (non-hydrogen) atoms. The van der Waals surface area contributed by atoms with Gasteiger partial charge < -0.3 is 9.64 Å². The predicted molar refractivity (Wildman–Crippen MR) is 98.6 cm³/mol. The second-order valence-corrected chi connectivity index (χ2v) is 6.26. The first-order valence-corrected chi connectivity index (χ1v) is 8.29. The lowest BCUT2D eigenvalue weighted by molar-refractivity contribution is -0.133. The molecule has 5 nitrogen and oxygen atoms in total. The summed E-state index contributed by atoms with van der Waals surface area (Å²) in [7, 11) is 0. The number of likely N-dealkylation sites (N-methyl/N-ethyl adjacent to an activating group) is 1. The quantitative estimate of drug-likeness (QED) is 0.597. The topological polar surface area (TPSA) is 59.5 Å². The zero-order chi connectivity index (χ0) is 18.6. The van der Waals surface area contributed by atoms with E-state index in [1.54, 1.807) is 17.9 Å². The Morgan fingerprint density at radius 2 is 1.96 bits per heavy atom. The Morgan fingerprint density at radius 1 is 1.24 bits per heavy atom. The molecule has 0 N–H and O–H groups in total. The van der Waals surface area contributed by atoms with Crippen LogP contribution >= 0.6 is 0 Å². The molecule has 0 unspecified atom stereocenters. The summed E-state index contributed by atoms with van der Waals surface area (Å²) in [6, 6.07) is 7.64. The molecule has 1 amide bonds. The molecule has 0 aliphatic heterocycles. The van der Waals surface area contributed by atoms with Crippen molar-refractivity contribution in [3.8, 4) is 0 Å². The average Bonchev–Trinajstić information content (AvgIpc) is 2.56. The number of rotatable bonds is 6. The highest BCUT2D eigenvalue weighted by molar-refractivity contribution is 5.96. The normalized spacial score (nSPS) is 10.6. The highest BCUT2D eigenvalue weighted by atomic mass is 16.5. The van der Waals surface area contributed by atoms with Crippen molar-refractivity contribution in [1.82, 2.24) is 9.88 Å². The number of aromatic nitrogens is 1. The Kier molecular flexibility index (Phi) is 5.91. The summed E-state index contributed by atoms with van der Waals surface area (Å²) in [4.78, 5) is 30.6. The lowest BCUT2D eigenvalue weighted by Crippen LogP contribution is -2.35. The van der Waals surface area contributed by atoms with Crippen molar-refractivity contribution in [1.29, 1.82) is 0 Å². The summed E-state index contributed by atoms with van der Waals surface area (Å²) in [6.07, 6.45) is 0. The van der Waals surface area contributed by atoms with Gasteiger partial charge in [0.25, 0.3) is 5.91 Å². The van der Waals surface area contributed by atoms with Crippen molar-refractivity contribution >= 4 is 22.8 Å². The van der Waals surface area contributed by atoms with Gasteiger partial charge in [0, 0.05) is 18.5 Å². The van der Waals surface area contributed by atoms with Gasteiger partial charge >= 0.3 is 5.97 Å². The first-order valence-electron chi connectivity index (χ1n) is 8.29. The van der Waals surface area contributed by atoms with E-state index in [4.69, 9.17) is 4.74 Å². The Balaban J connectivity index is 2.12. The second-order valence-electron chi connectivity index (χ2n) is 6.26. The van der Waals surface area contributed by atoms with Gasteiger partial charge in [-0.3, -0.25) is 9.78 Å². The van der Waals surface area contributed by atoms with Crippen molar-refractivity contribution in [2.75, 3.05) is 19.7 Å². The van der Waals surface area contributed by atoms with Crippen LogP contribution in [0.3, 0.4) is 0 Å². The molecular formula is C20H24N2O3. The fourth-order valence-electron chi connectivity index (χ4n) is 2.60. The van der Waals surface area contributed by atoms with Crippen molar-refractivity contribution < 1.29 is 14.3 Å². The molecule has 0 fully saturated rings. The molecule has 132 valence electrons. The van der Waals surface area contributed by atoms with Gasteiger partial charge in [-0.05, 0) is 45.9 Å². The van der Waals surface area contributed by atoms with E-state index in [-0.39, 0.29) is 12.5 Å². The summed E-state index contributed by atoms with van der Waals surface area (Å²) >= 11 is 0. The fraction of sp³-hybridized carbons (Fsp3) is 0.350. The molecule has 5 heteroatoms. The fourth-order valence-corrected chi connectivity index (χ4v) is 2.60. The number of benzene rings is 1. The molecule has 2 rings (SSSR count). The Morgan fingerprint density at radius 3 is 2.60 bits per heavy atom. The minimum Gasteiger partial charge on any atom is -0.452 e. The van der Waals surface area contributed by atoms with E-state index in [1.165, 1.54) is 0 Å². The summed E-state index contributed by atoms with van der Waals surface area (Å²) in [5.41, 5.74) is 3.77. The maximum absolute atomic E-state index is 12.4. The van der Waals surface area contributed by atoms with Gasteiger partial charge in [0.2, 0.25) is 0 Å². The first kappa shape index (κ1) is 18.6. The Bertz CT molecular complexity index is 827. The highest BCUT2D eigenvalue weighted by Crippen LogP contribution is 2.18. The number of esters is 1. The number of carbonyl (C=O) groups is 2. The monoisotopic (exact) mass is 340 g/mol. The van der Waals surface area contributed by atoms with Crippen LogP contribution < -0.4 is 0 Å². The number of carbonyl (C=O) groups excluding carboxylic acids is 2. The molecule has 2 aromatic rings. The van der Waals surface area contributed by atoms with Gasteiger partial charge in [0.05, 0.1) is 16.8 Å². The lowest BCUT2D eigenvalue weighted by atomic mass is 10.1. The number of hydrogen-bond donors (Lipinski definition) is 0. The van der Waals surface area contributed by atoms with Gasteiger partial charge in [0.1, 0.15) is 0 Å². The molecular weight excluding hydrogens is 316 g/mol. The van der Waals surface area contributed by atoms with Gasteiger partial charge in [-0.15, -0.1) is 0 Å². The van der Waals surface area contributed by atoms with E-state index in [1.807, 2.05) is 39.0 Å². The van der Waals surface area contributed by atoms with Crippen molar-refractivity contribution in [3.63, 3.8) is 0 Å². The standard InChI is InChI=1S/C20H24N2O3/c1-6-22(11-13(2)3)19(23)12-25-20(24)17-10-16-9-14(4)7-8-18(16)21-15(17)5/h7-10H,2,6,11-12H2,1,3-5H3. The van der Waals surface area contributed by atoms with Crippen molar-refractivity contribution in [2.24, 2.45) is 0 Å². The third-order valence-electron chi connectivity index (χ3n) is 3.90. The number of fused-ring (bicyclic) bond motifs is 1. The van der Waals surface area contributed by atoms with Crippen LogP contribution in [0.25, 0.3) is 10.9 Å². The summed E-state index contributed by atoms with van der Waals surface area (Å²) in [6.45, 7) is 12.0. The van der Waals surface area contributed by atoms with E-state index in [0.717, 1.165) is 22.0 Å². The highest BCUT2D eigenvalue weighted by Gasteiger charge is 2.17. The number of nitrogens with zero attached hydrogens (tertiary/aromatic N) is 2. The van der Waals surface area contributed by atoms with Crippen LogP contribution in [0.4, 0.5) is 0 Å².